The number of nitrogens with one attached hydrogen (secondary N) is 3. The maximum Gasteiger partial charge on any atom is 0.319 e. The average Bonchev–Trinajstić information content (AvgIpc) is 3.44. The second kappa shape index (κ2) is 14.5. The van der Waals surface area contributed by atoms with Gasteiger partial charge in [-0.25, -0.2) is 4.79 Å². The van der Waals surface area contributed by atoms with Gasteiger partial charge < -0.3 is 30.4 Å². The fourth-order valence-electron chi connectivity index (χ4n) is 6.04. The van der Waals surface area contributed by atoms with E-state index < -0.39 is 0 Å². The van der Waals surface area contributed by atoms with Crippen LogP contribution in [0.25, 0.3) is 16.6 Å². The number of para-hydroxylation sites is 1. The molecule has 1 atom stereocenters. The first kappa shape index (κ1) is 31.8. The number of urea groups is 1. The molecule has 0 radical (unpaired) electrons. The molecule has 1 aliphatic rings. The van der Waals surface area contributed by atoms with Gasteiger partial charge >= 0.3 is 6.03 Å². The van der Waals surface area contributed by atoms with E-state index in [0.29, 0.717) is 28.4 Å². The lowest BCUT2D eigenvalue weighted by Gasteiger charge is -2.34. The van der Waals surface area contributed by atoms with Gasteiger partial charge in [0.15, 0.2) is 0 Å². The van der Waals surface area contributed by atoms with Crippen LogP contribution in [-0.4, -0.2) is 51.7 Å². The molecule has 4 aromatic carbocycles. The zero-order chi connectivity index (χ0) is 32.8. The quantitative estimate of drug-likeness (QED) is 0.127. The van der Waals surface area contributed by atoms with Gasteiger partial charge in [-0.3, -0.25) is 9.69 Å². The number of ether oxygens (including phenoxy) is 1. The highest BCUT2D eigenvalue weighted by Crippen LogP contribution is 2.29. The largest absolute Gasteiger partial charge is 0.457 e. The van der Waals surface area contributed by atoms with Crippen molar-refractivity contribution in [1.29, 1.82) is 0 Å². The van der Waals surface area contributed by atoms with Crippen LogP contribution < -0.4 is 20.7 Å². The number of rotatable bonds is 10. The normalized spacial score (nSPS) is 15.0. The molecule has 0 saturated carbocycles. The molecule has 1 aliphatic heterocycles. The summed E-state index contributed by atoms with van der Waals surface area (Å²) in [7, 11) is 0. The molecule has 0 aliphatic carbocycles. The van der Waals surface area contributed by atoms with Gasteiger partial charge in [-0.2, -0.15) is 0 Å². The Morgan fingerprint density at radius 2 is 1.51 bits per heavy atom. The van der Waals surface area contributed by atoms with Crippen molar-refractivity contribution in [2.45, 2.75) is 51.7 Å². The summed E-state index contributed by atoms with van der Waals surface area (Å²) in [6.45, 7) is 5.78. The van der Waals surface area contributed by atoms with Crippen molar-refractivity contribution in [2.75, 3.05) is 23.8 Å². The predicted molar refractivity (Wildman–Crippen MR) is 187 cm³/mol. The van der Waals surface area contributed by atoms with E-state index in [1.54, 1.807) is 48.5 Å². The van der Waals surface area contributed by atoms with E-state index in [-0.39, 0.29) is 30.6 Å². The molecule has 1 fully saturated rings. The summed E-state index contributed by atoms with van der Waals surface area (Å²) in [6.07, 6.45) is 5.54. The summed E-state index contributed by atoms with van der Waals surface area (Å²) in [5.41, 5.74) is 5.20. The lowest BCUT2D eigenvalue weighted by atomic mass is 10.0. The standard InChI is InChI=1S/C38H41N5O4/c1-26(2)39-38(46)41-30-14-20-34(21-15-30)47-33-18-12-29(13-19-33)40-37(45)27-10-16-31(17-11-27)43-24-28(35-8-3-4-9-36(35)43)23-42-22-6-5-7-32(42)25-44/h3-4,8-21,24,26,32,44H,5-7,22-23,25H2,1-2H3,(H,40,45)(H2,39,41,46). The fraction of sp³-hybridized carbons (Fsp3) is 0.263. The smallest absolute Gasteiger partial charge is 0.319 e. The van der Waals surface area contributed by atoms with Crippen molar-refractivity contribution in [3.63, 3.8) is 0 Å². The number of aromatic nitrogens is 1. The summed E-state index contributed by atoms with van der Waals surface area (Å²) in [5.74, 6) is 1.05. The minimum absolute atomic E-state index is 0.0491. The van der Waals surface area contributed by atoms with E-state index in [9.17, 15) is 14.7 Å². The second-order valence-corrected chi connectivity index (χ2v) is 12.2. The van der Waals surface area contributed by atoms with Crippen LogP contribution in [0, 0.1) is 0 Å². The van der Waals surface area contributed by atoms with Crippen molar-refractivity contribution < 1.29 is 19.4 Å². The summed E-state index contributed by atoms with van der Waals surface area (Å²) in [4.78, 5) is 27.4. The van der Waals surface area contributed by atoms with Gasteiger partial charge in [-0.15, -0.1) is 0 Å². The molecule has 6 rings (SSSR count). The predicted octanol–water partition coefficient (Wildman–Crippen LogP) is 7.55. The first-order valence-corrected chi connectivity index (χ1v) is 16.2. The summed E-state index contributed by atoms with van der Waals surface area (Å²) < 4.78 is 8.11. The number of piperidine rings is 1. The number of carbonyl (C=O) groups excluding carboxylic acids is 2. The number of likely N-dealkylation sites (tertiary alicyclic amines) is 1. The molecule has 1 unspecified atom stereocenters. The molecule has 242 valence electrons. The molecular formula is C38H41N5O4. The SMILES string of the molecule is CC(C)NC(=O)Nc1ccc(Oc2ccc(NC(=O)c3ccc(-n4cc(CN5CCCCC5CO)c5ccccc54)cc3)cc2)cc1. The molecule has 47 heavy (non-hydrogen) atoms. The number of fused-ring (bicyclic) bond motifs is 1. The first-order chi connectivity index (χ1) is 22.9. The number of anilines is 2. The van der Waals surface area contributed by atoms with Gasteiger partial charge in [0.1, 0.15) is 11.5 Å². The second-order valence-electron chi connectivity index (χ2n) is 12.2. The van der Waals surface area contributed by atoms with Crippen LogP contribution in [0.4, 0.5) is 16.2 Å². The number of carbonyl (C=O) groups is 2. The number of hydrogen-bond donors (Lipinski definition) is 4. The Kier molecular flexibility index (Phi) is 9.85. The fourth-order valence-corrected chi connectivity index (χ4v) is 6.04. The van der Waals surface area contributed by atoms with Gasteiger partial charge in [-0.05, 0) is 118 Å². The zero-order valence-electron chi connectivity index (χ0n) is 26.8. The Morgan fingerprint density at radius 3 is 2.17 bits per heavy atom. The van der Waals surface area contributed by atoms with Crippen LogP contribution >= 0.6 is 0 Å². The minimum Gasteiger partial charge on any atom is -0.457 e. The molecule has 9 heteroatoms. The molecule has 0 spiro atoms. The number of aliphatic hydroxyl groups excluding tert-OH is 1. The Bertz CT molecular complexity index is 1810. The Balaban J connectivity index is 1.08. The van der Waals surface area contributed by atoms with Gasteiger partial charge in [-0.1, -0.05) is 24.6 Å². The number of nitrogens with zero attached hydrogens (tertiary/aromatic N) is 2. The molecule has 1 saturated heterocycles. The Morgan fingerprint density at radius 1 is 0.851 bits per heavy atom. The van der Waals surface area contributed by atoms with Gasteiger partial charge in [0.2, 0.25) is 0 Å². The van der Waals surface area contributed by atoms with Crippen LogP contribution in [0.5, 0.6) is 11.5 Å². The molecule has 2 heterocycles. The number of benzene rings is 4. The molecule has 0 bridgehead atoms. The Labute approximate surface area is 275 Å². The highest BCUT2D eigenvalue weighted by Gasteiger charge is 2.23. The minimum atomic E-state index is -0.257. The molecule has 5 aromatic rings. The summed E-state index contributed by atoms with van der Waals surface area (Å²) in [6, 6.07) is 30.3. The summed E-state index contributed by atoms with van der Waals surface area (Å²) >= 11 is 0. The van der Waals surface area contributed by atoms with Crippen molar-refractivity contribution in [3.05, 3.63) is 114 Å². The molecular weight excluding hydrogens is 590 g/mol. The third-order valence-electron chi connectivity index (χ3n) is 8.42. The molecule has 4 N–H and O–H groups in total. The van der Waals surface area contributed by atoms with Crippen molar-refractivity contribution in [2.24, 2.45) is 0 Å². The molecule has 1 aromatic heterocycles. The molecule has 3 amide bonds. The average molecular weight is 632 g/mol. The van der Waals surface area contributed by atoms with Crippen LogP contribution in [0.15, 0.2) is 103 Å². The van der Waals surface area contributed by atoms with Crippen LogP contribution in [0.1, 0.15) is 49.0 Å². The lowest BCUT2D eigenvalue weighted by Crippen LogP contribution is -2.41. The third-order valence-corrected chi connectivity index (χ3v) is 8.42. The van der Waals surface area contributed by atoms with E-state index in [4.69, 9.17) is 4.74 Å². The van der Waals surface area contributed by atoms with Crippen LogP contribution in [0.3, 0.4) is 0 Å². The first-order valence-electron chi connectivity index (χ1n) is 16.2. The molecule has 9 nitrogen and oxygen atoms in total. The van der Waals surface area contributed by atoms with Crippen LogP contribution in [0.2, 0.25) is 0 Å². The third kappa shape index (κ3) is 7.82. The van der Waals surface area contributed by atoms with E-state index >= 15 is 0 Å². The number of aliphatic hydroxyl groups is 1. The van der Waals surface area contributed by atoms with Gasteiger partial charge in [0.25, 0.3) is 5.91 Å². The van der Waals surface area contributed by atoms with Crippen molar-refractivity contribution in [3.8, 4) is 17.2 Å². The van der Waals surface area contributed by atoms with Crippen LogP contribution in [-0.2, 0) is 6.54 Å². The summed E-state index contributed by atoms with van der Waals surface area (Å²) in [5, 5.41) is 19.6. The van der Waals surface area contributed by atoms with E-state index in [1.807, 2.05) is 44.2 Å². The van der Waals surface area contributed by atoms with Crippen molar-refractivity contribution >= 4 is 34.2 Å². The van der Waals surface area contributed by atoms with E-state index in [1.165, 1.54) is 17.4 Å². The lowest BCUT2D eigenvalue weighted by molar-refractivity contribution is 0.0844. The van der Waals surface area contributed by atoms with E-state index in [2.05, 4.69) is 49.8 Å². The van der Waals surface area contributed by atoms with Gasteiger partial charge in [0.05, 0.1) is 12.1 Å². The zero-order valence-corrected chi connectivity index (χ0v) is 26.8. The number of hydrogen-bond acceptors (Lipinski definition) is 5. The monoisotopic (exact) mass is 631 g/mol. The van der Waals surface area contributed by atoms with Gasteiger partial charge in [0, 0.05) is 52.8 Å². The topological polar surface area (TPSA) is 108 Å². The maximum absolute atomic E-state index is 13.1. The Hall–Kier alpha value is -5.12. The maximum atomic E-state index is 13.1. The van der Waals surface area contributed by atoms with Crippen molar-refractivity contribution in [1.82, 2.24) is 14.8 Å². The highest BCUT2D eigenvalue weighted by molar-refractivity contribution is 6.04. The van der Waals surface area contributed by atoms with E-state index in [0.717, 1.165) is 37.1 Å². The highest BCUT2D eigenvalue weighted by atomic mass is 16.5. The number of amides is 3.